The summed E-state index contributed by atoms with van der Waals surface area (Å²) in [5.41, 5.74) is 0. The zero-order chi connectivity index (χ0) is 15.4. The van der Waals surface area contributed by atoms with Gasteiger partial charge >= 0.3 is 0 Å². The molecule has 2 saturated heterocycles. The van der Waals surface area contributed by atoms with Crippen molar-refractivity contribution in [1.29, 1.82) is 0 Å². The standard InChI is InChI=1S/C16H26N4O2/c21-15-12-20(11-14(15)19-8-2-1-3-9-19)16(22)5-4-7-18-10-6-17-13-18/h6,10,13-15,21H,1-5,7-9,11-12H2/t14-,15-/m1/s1. The van der Waals surface area contributed by atoms with Gasteiger partial charge in [-0.2, -0.15) is 0 Å². The van der Waals surface area contributed by atoms with Crippen LogP contribution in [0.1, 0.15) is 32.1 Å². The van der Waals surface area contributed by atoms with E-state index in [2.05, 4.69) is 9.88 Å². The fraction of sp³-hybridized carbons (Fsp3) is 0.750. The van der Waals surface area contributed by atoms with Crippen molar-refractivity contribution < 1.29 is 9.90 Å². The average Bonchev–Trinajstić information content (AvgIpc) is 3.17. The predicted molar refractivity (Wildman–Crippen MR) is 83.3 cm³/mol. The maximum atomic E-state index is 12.3. The number of imidazole rings is 1. The second-order valence-corrected chi connectivity index (χ2v) is 6.43. The van der Waals surface area contributed by atoms with Gasteiger partial charge in [-0.15, -0.1) is 0 Å². The molecular formula is C16H26N4O2. The third-order valence-corrected chi connectivity index (χ3v) is 4.84. The molecule has 6 heteroatoms. The summed E-state index contributed by atoms with van der Waals surface area (Å²) in [6.45, 7) is 4.11. The molecule has 0 unspecified atom stereocenters. The Balaban J connectivity index is 1.45. The number of carbonyl (C=O) groups is 1. The van der Waals surface area contributed by atoms with E-state index in [1.54, 1.807) is 12.5 Å². The Morgan fingerprint density at radius 2 is 2.05 bits per heavy atom. The van der Waals surface area contributed by atoms with Gasteiger partial charge < -0.3 is 14.6 Å². The molecule has 3 rings (SSSR count). The summed E-state index contributed by atoms with van der Waals surface area (Å²) in [7, 11) is 0. The molecule has 1 amide bonds. The third-order valence-electron chi connectivity index (χ3n) is 4.84. The van der Waals surface area contributed by atoms with Crippen molar-refractivity contribution in [3.05, 3.63) is 18.7 Å². The van der Waals surface area contributed by atoms with Gasteiger partial charge in [-0.1, -0.05) is 6.42 Å². The molecule has 2 aliphatic rings. The van der Waals surface area contributed by atoms with Gasteiger partial charge in [0, 0.05) is 38.4 Å². The lowest BCUT2D eigenvalue weighted by atomic mass is 10.1. The second-order valence-electron chi connectivity index (χ2n) is 6.43. The van der Waals surface area contributed by atoms with E-state index in [4.69, 9.17) is 0 Å². The highest BCUT2D eigenvalue weighted by atomic mass is 16.3. The van der Waals surface area contributed by atoms with Gasteiger partial charge in [0.2, 0.25) is 5.91 Å². The number of hydrogen-bond donors (Lipinski definition) is 1. The first kappa shape index (κ1) is 15.5. The van der Waals surface area contributed by atoms with Gasteiger partial charge in [0.1, 0.15) is 0 Å². The van der Waals surface area contributed by atoms with Crippen molar-refractivity contribution in [2.24, 2.45) is 0 Å². The number of carbonyl (C=O) groups excluding carboxylic acids is 1. The Bertz CT molecular complexity index is 471. The molecule has 3 heterocycles. The molecular weight excluding hydrogens is 280 g/mol. The molecule has 1 N–H and O–H groups in total. The van der Waals surface area contributed by atoms with Crippen LogP contribution < -0.4 is 0 Å². The number of likely N-dealkylation sites (tertiary alicyclic amines) is 2. The largest absolute Gasteiger partial charge is 0.390 e. The molecule has 0 bridgehead atoms. The summed E-state index contributed by atoms with van der Waals surface area (Å²) in [5, 5.41) is 10.3. The number of aliphatic hydroxyl groups excluding tert-OH is 1. The van der Waals surface area contributed by atoms with Crippen LogP contribution in [0.2, 0.25) is 0 Å². The Kier molecular flexibility index (Phi) is 5.10. The zero-order valence-corrected chi connectivity index (χ0v) is 13.1. The number of piperidine rings is 1. The van der Waals surface area contributed by atoms with Gasteiger partial charge in [0.05, 0.1) is 18.5 Å². The van der Waals surface area contributed by atoms with Crippen molar-refractivity contribution in [1.82, 2.24) is 19.4 Å². The van der Waals surface area contributed by atoms with Crippen molar-refractivity contribution in [2.45, 2.75) is 50.8 Å². The summed E-state index contributed by atoms with van der Waals surface area (Å²) in [4.78, 5) is 20.5. The van der Waals surface area contributed by atoms with Crippen LogP contribution >= 0.6 is 0 Å². The van der Waals surface area contributed by atoms with Gasteiger partial charge in [-0.05, 0) is 32.4 Å². The van der Waals surface area contributed by atoms with Crippen LogP contribution in [0.15, 0.2) is 18.7 Å². The lowest BCUT2D eigenvalue weighted by molar-refractivity contribution is -0.130. The number of aromatic nitrogens is 2. The van der Waals surface area contributed by atoms with Crippen LogP contribution in [0.4, 0.5) is 0 Å². The first-order chi connectivity index (χ1) is 10.7. The van der Waals surface area contributed by atoms with Crippen molar-refractivity contribution >= 4 is 5.91 Å². The minimum absolute atomic E-state index is 0.137. The van der Waals surface area contributed by atoms with Gasteiger partial charge in [0.25, 0.3) is 0 Å². The first-order valence-corrected chi connectivity index (χ1v) is 8.39. The predicted octanol–water partition coefficient (Wildman–Crippen LogP) is 0.721. The van der Waals surface area contributed by atoms with E-state index in [0.29, 0.717) is 19.5 Å². The number of aryl methyl sites for hydroxylation is 1. The summed E-state index contributed by atoms with van der Waals surface area (Å²) >= 11 is 0. The Labute approximate surface area is 131 Å². The molecule has 122 valence electrons. The fourth-order valence-corrected chi connectivity index (χ4v) is 3.57. The van der Waals surface area contributed by atoms with Crippen molar-refractivity contribution in [2.75, 3.05) is 26.2 Å². The third kappa shape index (κ3) is 3.67. The van der Waals surface area contributed by atoms with Crippen LogP contribution in [0, 0.1) is 0 Å². The van der Waals surface area contributed by atoms with E-state index < -0.39 is 6.10 Å². The highest BCUT2D eigenvalue weighted by molar-refractivity contribution is 5.76. The molecule has 0 aliphatic carbocycles. The van der Waals surface area contributed by atoms with Crippen LogP contribution in [-0.4, -0.2) is 68.7 Å². The lowest BCUT2D eigenvalue weighted by Gasteiger charge is -2.33. The molecule has 2 fully saturated rings. The summed E-state index contributed by atoms with van der Waals surface area (Å²) in [5.74, 6) is 0.165. The van der Waals surface area contributed by atoms with E-state index in [-0.39, 0.29) is 11.9 Å². The number of amides is 1. The quantitative estimate of drug-likeness (QED) is 0.871. The number of nitrogens with zero attached hydrogens (tertiary/aromatic N) is 4. The van der Waals surface area contributed by atoms with Gasteiger partial charge in [0.15, 0.2) is 0 Å². The van der Waals surface area contributed by atoms with Crippen LogP contribution in [0.5, 0.6) is 0 Å². The molecule has 0 aromatic carbocycles. The minimum Gasteiger partial charge on any atom is -0.390 e. The van der Waals surface area contributed by atoms with Gasteiger partial charge in [-0.3, -0.25) is 9.69 Å². The zero-order valence-electron chi connectivity index (χ0n) is 13.1. The smallest absolute Gasteiger partial charge is 0.222 e. The van der Waals surface area contributed by atoms with Crippen LogP contribution in [0.25, 0.3) is 0 Å². The first-order valence-electron chi connectivity index (χ1n) is 8.39. The van der Waals surface area contributed by atoms with Crippen LogP contribution in [-0.2, 0) is 11.3 Å². The summed E-state index contributed by atoms with van der Waals surface area (Å²) < 4.78 is 1.99. The molecule has 0 spiro atoms. The number of rotatable bonds is 5. The molecule has 1 aromatic rings. The Hall–Kier alpha value is -1.40. The van der Waals surface area contributed by atoms with E-state index in [0.717, 1.165) is 26.1 Å². The number of aliphatic hydroxyl groups is 1. The SMILES string of the molecule is O=C(CCCn1ccnc1)N1C[C@@H](O)[C@H](N2CCCCC2)C1. The maximum Gasteiger partial charge on any atom is 0.222 e. The van der Waals surface area contributed by atoms with Crippen LogP contribution in [0.3, 0.4) is 0 Å². The normalized spacial score (nSPS) is 26.5. The molecule has 0 saturated carbocycles. The highest BCUT2D eigenvalue weighted by Gasteiger charge is 2.37. The topological polar surface area (TPSA) is 61.6 Å². The molecule has 0 radical (unpaired) electrons. The molecule has 2 aliphatic heterocycles. The van der Waals surface area contributed by atoms with Crippen molar-refractivity contribution in [3.8, 4) is 0 Å². The van der Waals surface area contributed by atoms with E-state index in [1.165, 1.54) is 19.3 Å². The van der Waals surface area contributed by atoms with E-state index in [9.17, 15) is 9.90 Å². The monoisotopic (exact) mass is 306 g/mol. The Morgan fingerprint density at radius 1 is 1.23 bits per heavy atom. The van der Waals surface area contributed by atoms with Crippen molar-refractivity contribution in [3.63, 3.8) is 0 Å². The maximum absolute atomic E-state index is 12.3. The lowest BCUT2D eigenvalue weighted by Crippen LogP contribution is -2.46. The van der Waals surface area contributed by atoms with E-state index in [1.807, 2.05) is 15.7 Å². The Morgan fingerprint density at radius 3 is 2.77 bits per heavy atom. The average molecular weight is 306 g/mol. The second kappa shape index (κ2) is 7.24. The number of hydrogen-bond acceptors (Lipinski definition) is 4. The number of β-amino-alcohol motifs (C(OH)–C–C–N with tert-alkyl or cyclic N) is 1. The molecule has 1 aromatic heterocycles. The highest BCUT2D eigenvalue weighted by Crippen LogP contribution is 2.21. The molecule has 6 nitrogen and oxygen atoms in total. The minimum atomic E-state index is -0.393. The summed E-state index contributed by atoms with van der Waals surface area (Å²) in [6, 6.07) is 0.137. The fourth-order valence-electron chi connectivity index (χ4n) is 3.57. The molecule has 2 atom stereocenters. The summed E-state index contributed by atoms with van der Waals surface area (Å²) in [6.07, 6.45) is 10.1. The van der Waals surface area contributed by atoms with Gasteiger partial charge in [-0.25, -0.2) is 4.98 Å². The van der Waals surface area contributed by atoms with E-state index >= 15 is 0 Å². The molecule has 22 heavy (non-hydrogen) atoms.